The normalized spacial score (nSPS) is 9.90. The Labute approximate surface area is 82.9 Å². The number of hydrogen-bond donors (Lipinski definition) is 1. The molecule has 0 aromatic rings. The van der Waals surface area contributed by atoms with Crippen molar-refractivity contribution in [3.05, 3.63) is 12.7 Å². The first-order chi connectivity index (χ1) is 4.27. The Balaban J connectivity index is 0. The van der Waals surface area contributed by atoms with E-state index in [-0.39, 0.29) is 36.3 Å². The molecule has 0 aliphatic rings. The van der Waals surface area contributed by atoms with Crippen LogP contribution in [0.1, 0.15) is 0 Å². The average Bonchev–Trinajstić information content (AvgIpc) is 1.80. The zero-order chi connectivity index (χ0) is 7.11. The van der Waals surface area contributed by atoms with Crippen LogP contribution in [0.15, 0.2) is 12.7 Å². The molecule has 4 nitrogen and oxygen atoms in total. The SMILES string of the molecule is C=CCNCO[P+](=O)[O-].[Na+]. The van der Waals surface area contributed by atoms with E-state index < -0.39 is 8.25 Å². The first-order valence-electron chi connectivity index (χ1n) is 2.36. The second kappa shape index (κ2) is 9.72. The number of rotatable bonds is 5. The van der Waals surface area contributed by atoms with Crippen molar-refractivity contribution in [2.24, 2.45) is 0 Å². The van der Waals surface area contributed by atoms with Gasteiger partial charge in [0, 0.05) is 6.54 Å². The van der Waals surface area contributed by atoms with Crippen LogP contribution in [0.3, 0.4) is 0 Å². The Morgan fingerprint density at radius 3 is 2.80 bits per heavy atom. The number of hydrogen-bond acceptors (Lipinski definition) is 4. The molecule has 1 atom stereocenters. The molecule has 0 amide bonds. The van der Waals surface area contributed by atoms with Gasteiger partial charge >= 0.3 is 37.8 Å². The van der Waals surface area contributed by atoms with Gasteiger partial charge in [-0.05, 0) is 4.57 Å². The predicted molar refractivity (Wildman–Crippen MR) is 31.8 cm³/mol. The summed E-state index contributed by atoms with van der Waals surface area (Å²) in [6.07, 6.45) is 1.61. The summed E-state index contributed by atoms with van der Waals surface area (Å²) < 4.78 is 13.9. The summed E-state index contributed by atoms with van der Waals surface area (Å²) >= 11 is 0. The van der Waals surface area contributed by atoms with Gasteiger partial charge in [0.05, 0.1) is 0 Å². The molecule has 0 spiro atoms. The zero-order valence-electron chi connectivity index (χ0n) is 5.87. The molecule has 0 saturated carbocycles. The third-order valence-corrected chi connectivity index (χ3v) is 0.901. The molecule has 10 heavy (non-hydrogen) atoms. The molecule has 0 rings (SSSR count). The van der Waals surface area contributed by atoms with Crippen LogP contribution < -0.4 is 39.8 Å². The quantitative estimate of drug-likeness (QED) is 0.156. The number of nitrogens with one attached hydrogen (secondary N) is 1. The molecule has 1 unspecified atom stereocenters. The summed E-state index contributed by atoms with van der Waals surface area (Å²) in [7, 11) is -2.71. The molecule has 0 radical (unpaired) electrons. The van der Waals surface area contributed by atoms with Crippen molar-refractivity contribution in [2.75, 3.05) is 13.3 Å². The second-order valence-corrected chi connectivity index (χ2v) is 1.95. The molecule has 0 fully saturated rings. The molecule has 0 heterocycles. The zero-order valence-corrected chi connectivity index (χ0v) is 8.77. The molecule has 0 aliphatic carbocycles. The van der Waals surface area contributed by atoms with Gasteiger partial charge in [-0.25, -0.2) is 0 Å². The maximum Gasteiger partial charge on any atom is 1.00 e. The monoisotopic (exact) mass is 172 g/mol. The van der Waals surface area contributed by atoms with Crippen LogP contribution >= 0.6 is 8.25 Å². The van der Waals surface area contributed by atoms with E-state index in [1.807, 2.05) is 0 Å². The maximum absolute atomic E-state index is 9.71. The summed E-state index contributed by atoms with van der Waals surface area (Å²) in [5, 5.41) is 2.64. The topological polar surface area (TPSA) is 61.4 Å². The van der Waals surface area contributed by atoms with Crippen molar-refractivity contribution in [2.45, 2.75) is 0 Å². The van der Waals surface area contributed by atoms with E-state index in [2.05, 4.69) is 16.4 Å². The largest absolute Gasteiger partial charge is 1.00 e. The minimum Gasteiger partial charge on any atom is -0.566 e. The van der Waals surface area contributed by atoms with Crippen LogP contribution in [-0.2, 0) is 9.09 Å². The molecule has 0 saturated heterocycles. The summed E-state index contributed by atoms with van der Waals surface area (Å²) in [6, 6.07) is 0. The van der Waals surface area contributed by atoms with Crippen LogP contribution in [0.2, 0.25) is 0 Å². The minimum absolute atomic E-state index is 0. The van der Waals surface area contributed by atoms with E-state index >= 15 is 0 Å². The van der Waals surface area contributed by atoms with E-state index in [9.17, 15) is 9.46 Å². The Hall–Kier alpha value is 0.720. The molecule has 6 heteroatoms. The smallest absolute Gasteiger partial charge is 0.566 e. The van der Waals surface area contributed by atoms with Crippen molar-refractivity contribution >= 4 is 8.25 Å². The van der Waals surface area contributed by atoms with Crippen LogP contribution in [-0.4, -0.2) is 13.3 Å². The molecule has 0 bridgehead atoms. The Bertz CT molecular complexity index is 111. The van der Waals surface area contributed by atoms with Crippen LogP contribution in [0.25, 0.3) is 0 Å². The second-order valence-electron chi connectivity index (χ2n) is 1.24. The first-order valence-corrected chi connectivity index (χ1v) is 3.46. The van der Waals surface area contributed by atoms with Gasteiger partial charge in [0.1, 0.15) is 0 Å². The average molecular weight is 172 g/mol. The van der Waals surface area contributed by atoms with E-state index in [4.69, 9.17) is 0 Å². The fraction of sp³-hybridized carbons (Fsp3) is 0.500. The molecular weight excluding hydrogens is 164 g/mol. The van der Waals surface area contributed by atoms with Crippen molar-refractivity contribution in [1.29, 1.82) is 0 Å². The van der Waals surface area contributed by atoms with Gasteiger partial charge in [-0.1, -0.05) is 6.08 Å². The van der Waals surface area contributed by atoms with Gasteiger partial charge in [-0.2, -0.15) is 0 Å². The van der Waals surface area contributed by atoms with Gasteiger partial charge in [-0.3, -0.25) is 5.32 Å². The van der Waals surface area contributed by atoms with Gasteiger partial charge in [0.2, 0.25) is 0 Å². The van der Waals surface area contributed by atoms with Gasteiger partial charge in [-0.15, -0.1) is 11.1 Å². The fourth-order valence-electron chi connectivity index (χ4n) is 0.259. The van der Waals surface area contributed by atoms with Gasteiger partial charge < -0.3 is 4.89 Å². The molecule has 52 valence electrons. The van der Waals surface area contributed by atoms with Crippen molar-refractivity contribution in [3.63, 3.8) is 0 Å². The Morgan fingerprint density at radius 1 is 1.80 bits per heavy atom. The van der Waals surface area contributed by atoms with E-state index in [1.165, 1.54) is 0 Å². The van der Waals surface area contributed by atoms with E-state index in [0.29, 0.717) is 6.54 Å². The Kier molecular flexibility index (Phi) is 12.9. The Morgan fingerprint density at radius 2 is 2.40 bits per heavy atom. The third-order valence-electron chi connectivity index (χ3n) is 0.561. The standard InChI is InChI=1S/C4H8NO3P.Na/c1-2-3-5-4-8-9(6)7;/h2,5H,1,3-4H2;/q;+1. The molecular formula is C4H8NNaO3P+. The maximum atomic E-state index is 9.71. The molecule has 1 N–H and O–H groups in total. The van der Waals surface area contributed by atoms with Crippen LogP contribution in [0.5, 0.6) is 0 Å². The van der Waals surface area contributed by atoms with Crippen molar-refractivity contribution in [1.82, 2.24) is 5.32 Å². The van der Waals surface area contributed by atoms with Crippen LogP contribution in [0.4, 0.5) is 0 Å². The molecule has 0 aliphatic heterocycles. The van der Waals surface area contributed by atoms with E-state index in [1.54, 1.807) is 6.08 Å². The molecule has 0 aromatic carbocycles. The summed E-state index contributed by atoms with van der Waals surface area (Å²) in [5.41, 5.74) is 0. The summed E-state index contributed by atoms with van der Waals surface area (Å²) in [6.45, 7) is 3.97. The van der Waals surface area contributed by atoms with Crippen LogP contribution in [0, 0.1) is 0 Å². The fourth-order valence-corrected chi connectivity index (χ4v) is 0.456. The van der Waals surface area contributed by atoms with Crippen molar-refractivity contribution in [3.8, 4) is 0 Å². The van der Waals surface area contributed by atoms with Crippen molar-refractivity contribution < 1.29 is 43.5 Å². The summed E-state index contributed by atoms with van der Waals surface area (Å²) in [4.78, 5) is 9.71. The van der Waals surface area contributed by atoms with Gasteiger partial charge in [0.25, 0.3) is 0 Å². The minimum atomic E-state index is -2.71. The van der Waals surface area contributed by atoms with E-state index in [0.717, 1.165) is 0 Å². The first kappa shape index (κ1) is 13.3. The predicted octanol–water partition coefficient (Wildman–Crippen LogP) is -3.24. The van der Waals surface area contributed by atoms with Gasteiger partial charge in [0.15, 0.2) is 6.73 Å². The summed E-state index contributed by atoms with van der Waals surface area (Å²) in [5.74, 6) is 0. The third kappa shape index (κ3) is 11.5. The molecule has 0 aromatic heterocycles.